The molecule has 1 atom stereocenters. The molecule has 3 nitrogen and oxygen atoms in total. The number of benzene rings is 1. The highest BCUT2D eigenvalue weighted by molar-refractivity contribution is 7.90. The van der Waals surface area contributed by atoms with Gasteiger partial charge >= 0.3 is 6.18 Å². The molecule has 0 saturated heterocycles. The van der Waals surface area contributed by atoms with Crippen molar-refractivity contribution in [2.45, 2.75) is 26.1 Å². The third kappa shape index (κ3) is 4.79. The zero-order valence-corrected chi connectivity index (χ0v) is 12.4. The Labute approximate surface area is 117 Å². The Morgan fingerprint density at radius 2 is 1.90 bits per heavy atom. The van der Waals surface area contributed by atoms with Crippen LogP contribution in [0.3, 0.4) is 0 Å². The molecule has 0 aliphatic carbocycles. The first-order valence-corrected chi connectivity index (χ1v) is 8.19. The average molecular weight is 309 g/mol. The van der Waals surface area contributed by atoms with Crippen molar-refractivity contribution in [2.24, 2.45) is 0 Å². The van der Waals surface area contributed by atoms with Crippen LogP contribution in [-0.2, 0) is 16.0 Å². The van der Waals surface area contributed by atoms with Gasteiger partial charge in [-0.2, -0.15) is 13.2 Å². The van der Waals surface area contributed by atoms with Crippen LogP contribution in [0, 0.1) is 6.92 Å². The van der Waals surface area contributed by atoms with Gasteiger partial charge in [-0.25, -0.2) is 8.42 Å². The van der Waals surface area contributed by atoms with E-state index >= 15 is 0 Å². The van der Waals surface area contributed by atoms with Gasteiger partial charge in [-0.1, -0.05) is 13.0 Å². The van der Waals surface area contributed by atoms with E-state index < -0.39 is 27.6 Å². The molecule has 0 aromatic heterocycles. The van der Waals surface area contributed by atoms with Crippen LogP contribution in [-0.4, -0.2) is 27.0 Å². The fourth-order valence-corrected chi connectivity index (χ4v) is 2.95. The molecular formula is C13H18F3NO2S. The lowest BCUT2D eigenvalue weighted by Crippen LogP contribution is -2.28. The van der Waals surface area contributed by atoms with Gasteiger partial charge in [-0.15, -0.1) is 0 Å². The Kier molecular flexibility index (Phi) is 5.21. The van der Waals surface area contributed by atoms with Crippen LogP contribution in [0.4, 0.5) is 13.2 Å². The number of nitrogens with one attached hydrogen (secondary N) is 1. The Hall–Kier alpha value is -1.08. The minimum Gasteiger partial charge on any atom is -0.309 e. The van der Waals surface area contributed by atoms with Crippen LogP contribution in [0.25, 0.3) is 0 Å². The van der Waals surface area contributed by atoms with E-state index in [2.05, 4.69) is 5.32 Å². The molecule has 20 heavy (non-hydrogen) atoms. The van der Waals surface area contributed by atoms with Gasteiger partial charge in [0.2, 0.25) is 0 Å². The standard InChI is InChI=1S/C13H18F3NO2S/c1-4-17-12(8-20(3,18)19)11-6-5-10(7-9(11)2)13(14,15)16/h5-7,12,17H,4,8H2,1-3H3. The van der Waals surface area contributed by atoms with Crippen molar-refractivity contribution >= 4 is 9.84 Å². The highest BCUT2D eigenvalue weighted by atomic mass is 32.2. The van der Waals surface area contributed by atoms with Crippen molar-refractivity contribution in [3.8, 4) is 0 Å². The number of rotatable bonds is 5. The van der Waals surface area contributed by atoms with Gasteiger partial charge in [0.05, 0.1) is 11.3 Å². The first-order valence-electron chi connectivity index (χ1n) is 6.13. The smallest absolute Gasteiger partial charge is 0.309 e. The van der Waals surface area contributed by atoms with E-state index in [1.165, 1.54) is 6.07 Å². The molecule has 0 aliphatic heterocycles. The summed E-state index contributed by atoms with van der Waals surface area (Å²) in [5, 5.41) is 2.99. The van der Waals surface area contributed by atoms with E-state index in [-0.39, 0.29) is 5.75 Å². The predicted octanol–water partition coefficient (Wildman–Crippen LogP) is 2.71. The van der Waals surface area contributed by atoms with Crippen molar-refractivity contribution in [1.82, 2.24) is 5.32 Å². The van der Waals surface area contributed by atoms with Gasteiger partial charge in [-0.05, 0) is 36.7 Å². The molecule has 7 heteroatoms. The van der Waals surface area contributed by atoms with Crippen molar-refractivity contribution in [3.05, 3.63) is 34.9 Å². The molecule has 1 unspecified atom stereocenters. The van der Waals surface area contributed by atoms with Crippen LogP contribution in [0.5, 0.6) is 0 Å². The Balaban J connectivity index is 3.15. The first kappa shape index (κ1) is 17.0. The lowest BCUT2D eigenvalue weighted by atomic mass is 9.99. The summed E-state index contributed by atoms with van der Waals surface area (Å²) in [6.45, 7) is 3.90. The van der Waals surface area contributed by atoms with Gasteiger partial charge in [0, 0.05) is 12.3 Å². The van der Waals surface area contributed by atoms with Crippen molar-refractivity contribution in [3.63, 3.8) is 0 Å². The molecule has 0 amide bonds. The quantitative estimate of drug-likeness (QED) is 0.909. The Morgan fingerprint density at radius 1 is 1.30 bits per heavy atom. The van der Waals surface area contributed by atoms with Crippen LogP contribution < -0.4 is 5.32 Å². The van der Waals surface area contributed by atoms with Crippen LogP contribution in [0.2, 0.25) is 0 Å². The molecule has 0 aliphatic rings. The third-order valence-corrected chi connectivity index (χ3v) is 3.83. The normalized spacial score (nSPS) is 14.3. The number of aryl methyl sites for hydroxylation is 1. The summed E-state index contributed by atoms with van der Waals surface area (Å²) in [5.41, 5.74) is 0.271. The second-order valence-electron chi connectivity index (χ2n) is 4.77. The molecule has 0 radical (unpaired) electrons. The number of halogens is 3. The number of sulfone groups is 1. The Morgan fingerprint density at radius 3 is 2.30 bits per heavy atom. The molecule has 1 aromatic rings. The maximum absolute atomic E-state index is 12.6. The SMILES string of the molecule is CCNC(CS(C)(=O)=O)c1ccc(C(F)(F)F)cc1C. The van der Waals surface area contributed by atoms with Gasteiger partial charge in [0.25, 0.3) is 0 Å². The minimum atomic E-state index is -4.40. The van der Waals surface area contributed by atoms with Crippen LogP contribution in [0.1, 0.15) is 29.7 Å². The first-order chi connectivity index (χ1) is 9.04. The van der Waals surface area contributed by atoms with Gasteiger partial charge in [0.15, 0.2) is 0 Å². The van der Waals surface area contributed by atoms with E-state index in [1.807, 2.05) is 6.92 Å². The summed E-state index contributed by atoms with van der Waals surface area (Å²) in [5.74, 6) is -0.146. The van der Waals surface area contributed by atoms with Crippen LogP contribution >= 0.6 is 0 Å². The summed E-state index contributed by atoms with van der Waals surface area (Å²) >= 11 is 0. The van der Waals surface area contributed by atoms with Gasteiger partial charge in [-0.3, -0.25) is 0 Å². The molecule has 114 valence electrons. The molecule has 0 saturated carbocycles. The molecule has 1 aromatic carbocycles. The van der Waals surface area contributed by atoms with Crippen molar-refractivity contribution in [1.29, 1.82) is 0 Å². The minimum absolute atomic E-state index is 0.146. The highest BCUT2D eigenvalue weighted by Gasteiger charge is 2.31. The second-order valence-corrected chi connectivity index (χ2v) is 6.96. The summed E-state index contributed by atoms with van der Waals surface area (Å²) in [7, 11) is -3.23. The van der Waals surface area contributed by atoms with E-state index in [0.29, 0.717) is 17.7 Å². The van der Waals surface area contributed by atoms with E-state index in [9.17, 15) is 21.6 Å². The molecular weight excluding hydrogens is 291 g/mol. The fraction of sp³-hybridized carbons (Fsp3) is 0.538. The van der Waals surface area contributed by atoms with Crippen molar-refractivity contribution in [2.75, 3.05) is 18.6 Å². The average Bonchev–Trinajstić information content (AvgIpc) is 2.25. The number of hydrogen-bond donors (Lipinski definition) is 1. The maximum Gasteiger partial charge on any atom is 0.416 e. The van der Waals surface area contributed by atoms with E-state index in [0.717, 1.165) is 18.4 Å². The Bertz CT molecular complexity index is 567. The molecule has 1 rings (SSSR count). The lowest BCUT2D eigenvalue weighted by Gasteiger charge is -2.20. The zero-order valence-electron chi connectivity index (χ0n) is 11.6. The topological polar surface area (TPSA) is 46.2 Å². The molecule has 0 spiro atoms. The maximum atomic E-state index is 12.6. The number of hydrogen-bond acceptors (Lipinski definition) is 3. The predicted molar refractivity (Wildman–Crippen MR) is 72.3 cm³/mol. The van der Waals surface area contributed by atoms with Crippen molar-refractivity contribution < 1.29 is 21.6 Å². The number of alkyl halides is 3. The lowest BCUT2D eigenvalue weighted by molar-refractivity contribution is -0.137. The summed E-state index contributed by atoms with van der Waals surface area (Å²) < 4.78 is 60.6. The largest absolute Gasteiger partial charge is 0.416 e. The zero-order chi connectivity index (χ0) is 15.6. The van der Waals surface area contributed by atoms with E-state index in [1.54, 1.807) is 6.92 Å². The third-order valence-electron chi connectivity index (χ3n) is 2.89. The van der Waals surface area contributed by atoms with Crippen LogP contribution in [0.15, 0.2) is 18.2 Å². The van der Waals surface area contributed by atoms with E-state index in [4.69, 9.17) is 0 Å². The molecule has 0 fully saturated rings. The highest BCUT2D eigenvalue weighted by Crippen LogP contribution is 2.31. The molecule has 0 bridgehead atoms. The fourth-order valence-electron chi connectivity index (χ4n) is 2.05. The second kappa shape index (κ2) is 6.13. The monoisotopic (exact) mass is 309 g/mol. The van der Waals surface area contributed by atoms with Gasteiger partial charge < -0.3 is 5.32 Å². The summed E-state index contributed by atoms with van der Waals surface area (Å²) in [6.07, 6.45) is -3.29. The summed E-state index contributed by atoms with van der Waals surface area (Å²) in [6, 6.07) is 2.87. The molecule has 1 N–H and O–H groups in total. The van der Waals surface area contributed by atoms with Gasteiger partial charge in [0.1, 0.15) is 9.84 Å². The summed E-state index contributed by atoms with van der Waals surface area (Å²) in [4.78, 5) is 0. The molecule has 0 heterocycles.